The summed E-state index contributed by atoms with van der Waals surface area (Å²) in [6.45, 7) is 0. The zero-order valence-corrected chi connectivity index (χ0v) is 6.31. The number of ketones is 1. The average molecular weight is 164 g/mol. The predicted molar refractivity (Wildman–Crippen MR) is 45.0 cm³/mol. The Balaban J connectivity index is 2.52. The number of hydrogen-bond donors (Lipinski definition) is 1. The van der Waals surface area contributed by atoms with Crippen molar-refractivity contribution in [3.8, 4) is 0 Å². The molecule has 2 aliphatic rings. The zero-order chi connectivity index (χ0) is 7.84. The minimum Gasteiger partial charge on any atom is -0.287 e. The molecule has 0 aromatic heterocycles. The van der Waals surface area contributed by atoms with Gasteiger partial charge < -0.3 is 0 Å². The van der Waals surface area contributed by atoms with Gasteiger partial charge in [-0.25, -0.2) is 4.99 Å². The molecule has 1 aliphatic carbocycles. The zero-order valence-electron chi connectivity index (χ0n) is 5.50. The standard InChI is InChI=1S/C7H4N2OS/c8-7-9-6-4(10)2-1-3-5(6)11-7/h1-3,8H. The van der Waals surface area contributed by atoms with Crippen LogP contribution in [0.2, 0.25) is 0 Å². The number of nitrogens with zero attached hydrogens (tertiary/aromatic N) is 1. The molecule has 0 unspecified atom stereocenters. The Morgan fingerprint density at radius 3 is 3.09 bits per heavy atom. The van der Waals surface area contributed by atoms with E-state index in [9.17, 15) is 4.79 Å². The second kappa shape index (κ2) is 2.17. The predicted octanol–water partition coefficient (Wildman–Crippen LogP) is 1.13. The molecule has 0 fully saturated rings. The van der Waals surface area contributed by atoms with Gasteiger partial charge in [0.05, 0.1) is 0 Å². The van der Waals surface area contributed by atoms with Crippen molar-refractivity contribution in [2.24, 2.45) is 4.99 Å². The monoisotopic (exact) mass is 164 g/mol. The minimum atomic E-state index is -0.0998. The van der Waals surface area contributed by atoms with Crippen LogP contribution >= 0.6 is 11.8 Å². The number of nitrogens with one attached hydrogen (secondary N) is 1. The van der Waals surface area contributed by atoms with Gasteiger partial charge in [-0.05, 0) is 23.9 Å². The molecule has 0 aromatic carbocycles. The van der Waals surface area contributed by atoms with Crippen LogP contribution < -0.4 is 0 Å². The Labute approximate surface area is 67.4 Å². The molecule has 54 valence electrons. The molecule has 3 nitrogen and oxygen atoms in total. The first-order valence-corrected chi connectivity index (χ1v) is 3.87. The highest BCUT2D eigenvalue weighted by atomic mass is 32.2. The highest BCUT2D eigenvalue weighted by molar-refractivity contribution is 8.18. The molecule has 2 rings (SSSR count). The quantitative estimate of drug-likeness (QED) is 0.545. The van der Waals surface area contributed by atoms with Crippen molar-refractivity contribution >= 4 is 28.4 Å². The number of aliphatic imine (C=N–C) groups is 1. The van der Waals surface area contributed by atoms with E-state index in [1.165, 1.54) is 17.8 Å². The maximum Gasteiger partial charge on any atom is 0.205 e. The lowest BCUT2D eigenvalue weighted by atomic mass is 10.1. The molecule has 0 spiro atoms. The molecule has 4 heteroatoms. The third kappa shape index (κ3) is 0.952. The van der Waals surface area contributed by atoms with Gasteiger partial charge in [0.1, 0.15) is 5.71 Å². The van der Waals surface area contributed by atoms with E-state index in [1.807, 2.05) is 0 Å². The number of hydrogen-bond acceptors (Lipinski definition) is 3. The van der Waals surface area contributed by atoms with Gasteiger partial charge in [-0.1, -0.05) is 6.08 Å². The van der Waals surface area contributed by atoms with E-state index < -0.39 is 0 Å². The summed E-state index contributed by atoms with van der Waals surface area (Å²) in [4.78, 5) is 15.6. The fourth-order valence-corrected chi connectivity index (χ4v) is 1.66. The summed E-state index contributed by atoms with van der Waals surface area (Å²) in [5.41, 5.74) is 0.419. The highest BCUT2D eigenvalue weighted by Gasteiger charge is 2.24. The summed E-state index contributed by atoms with van der Waals surface area (Å²) >= 11 is 1.22. The van der Waals surface area contributed by atoms with E-state index >= 15 is 0 Å². The minimum absolute atomic E-state index is 0.0998. The van der Waals surface area contributed by atoms with E-state index in [0.29, 0.717) is 5.71 Å². The van der Waals surface area contributed by atoms with E-state index in [1.54, 1.807) is 12.2 Å². The van der Waals surface area contributed by atoms with Crippen LogP contribution in [0.25, 0.3) is 0 Å². The molecule has 0 bridgehead atoms. The number of carbonyl (C=O) groups is 1. The van der Waals surface area contributed by atoms with E-state index in [4.69, 9.17) is 5.41 Å². The number of carbonyl (C=O) groups excluding carboxylic acids is 1. The average Bonchev–Trinajstić information content (AvgIpc) is 2.31. The summed E-state index contributed by atoms with van der Waals surface area (Å²) in [5.74, 6) is -0.0998. The number of thioether (sulfide) groups is 1. The Hall–Kier alpha value is -1.16. The smallest absolute Gasteiger partial charge is 0.205 e. The molecule has 0 saturated carbocycles. The Morgan fingerprint density at radius 1 is 1.55 bits per heavy atom. The number of amidine groups is 1. The van der Waals surface area contributed by atoms with Crippen LogP contribution in [0.4, 0.5) is 0 Å². The maximum absolute atomic E-state index is 11.1. The lowest BCUT2D eigenvalue weighted by Gasteiger charge is -1.99. The van der Waals surface area contributed by atoms with Crippen LogP contribution in [0.3, 0.4) is 0 Å². The van der Waals surface area contributed by atoms with E-state index in [-0.39, 0.29) is 11.0 Å². The molecular weight excluding hydrogens is 160 g/mol. The molecule has 1 aliphatic heterocycles. The van der Waals surface area contributed by atoms with Crippen molar-refractivity contribution in [2.45, 2.75) is 0 Å². The fourth-order valence-electron chi connectivity index (χ4n) is 0.923. The first-order valence-electron chi connectivity index (χ1n) is 3.05. The molecule has 0 atom stereocenters. The van der Waals surface area contributed by atoms with Gasteiger partial charge in [-0.15, -0.1) is 0 Å². The molecule has 1 heterocycles. The number of fused-ring (bicyclic) bond motifs is 1. The summed E-state index contributed by atoms with van der Waals surface area (Å²) in [6.07, 6.45) is 4.94. The van der Waals surface area contributed by atoms with E-state index in [2.05, 4.69) is 4.99 Å². The summed E-state index contributed by atoms with van der Waals surface area (Å²) in [6, 6.07) is 0. The van der Waals surface area contributed by atoms with Crippen LogP contribution in [-0.2, 0) is 4.79 Å². The van der Waals surface area contributed by atoms with Gasteiger partial charge >= 0.3 is 0 Å². The molecule has 0 radical (unpaired) electrons. The third-order valence-electron chi connectivity index (χ3n) is 1.38. The molecular formula is C7H4N2OS. The third-order valence-corrected chi connectivity index (χ3v) is 2.22. The maximum atomic E-state index is 11.1. The van der Waals surface area contributed by atoms with Gasteiger partial charge in [0, 0.05) is 4.91 Å². The first-order chi connectivity index (χ1) is 5.27. The largest absolute Gasteiger partial charge is 0.287 e. The van der Waals surface area contributed by atoms with Crippen LogP contribution in [0, 0.1) is 5.41 Å². The number of allylic oxidation sites excluding steroid dienone is 4. The van der Waals surface area contributed by atoms with Crippen molar-refractivity contribution in [3.63, 3.8) is 0 Å². The lowest BCUT2D eigenvalue weighted by molar-refractivity contribution is -0.108. The van der Waals surface area contributed by atoms with Crippen molar-refractivity contribution in [3.05, 3.63) is 23.1 Å². The van der Waals surface area contributed by atoms with Gasteiger partial charge in [-0.3, -0.25) is 10.2 Å². The van der Waals surface area contributed by atoms with Gasteiger partial charge in [0.15, 0.2) is 5.17 Å². The van der Waals surface area contributed by atoms with Gasteiger partial charge in [0.2, 0.25) is 5.78 Å². The van der Waals surface area contributed by atoms with Crippen LogP contribution in [0.1, 0.15) is 0 Å². The summed E-state index contributed by atoms with van der Waals surface area (Å²) in [5, 5.41) is 7.39. The first kappa shape index (κ1) is 6.54. The van der Waals surface area contributed by atoms with Gasteiger partial charge in [0.25, 0.3) is 0 Å². The fraction of sp³-hybridized carbons (Fsp3) is 0. The molecule has 0 aromatic rings. The van der Waals surface area contributed by atoms with Crippen LogP contribution in [0.15, 0.2) is 28.1 Å². The van der Waals surface area contributed by atoms with Crippen molar-refractivity contribution in [2.75, 3.05) is 0 Å². The van der Waals surface area contributed by atoms with Crippen LogP contribution in [0.5, 0.6) is 0 Å². The second-order valence-corrected chi connectivity index (χ2v) is 3.15. The second-order valence-electron chi connectivity index (χ2n) is 2.12. The molecule has 1 N–H and O–H groups in total. The van der Waals surface area contributed by atoms with E-state index in [0.717, 1.165) is 4.91 Å². The topological polar surface area (TPSA) is 53.3 Å². The summed E-state index contributed by atoms with van der Waals surface area (Å²) < 4.78 is 0. The van der Waals surface area contributed by atoms with Crippen molar-refractivity contribution < 1.29 is 4.79 Å². The highest BCUT2D eigenvalue weighted by Crippen LogP contribution is 2.28. The normalized spacial score (nSPS) is 21.5. The molecule has 0 saturated heterocycles. The lowest BCUT2D eigenvalue weighted by Crippen LogP contribution is -2.11. The van der Waals surface area contributed by atoms with Crippen molar-refractivity contribution in [1.82, 2.24) is 0 Å². The van der Waals surface area contributed by atoms with Crippen LogP contribution in [-0.4, -0.2) is 16.7 Å². The number of rotatable bonds is 0. The SMILES string of the molecule is N=C1N=C2C(=O)C=CC=C2S1. The van der Waals surface area contributed by atoms with Crippen molar-refractivity contribution in [1.29, 1.82) is 5.41 Å². The Bertz CT molecular complexity index is 338. The summed E-state index contributed by atoms with van der Waals surface area (Å²) in [7, 11) is 0. The Morgan fingerprint density at radius 2 is 2.36 bits per heavy atom. The van der Waals surface area contributed by atoms with Gasteiger partial charge in [-0.2, -0.15) is 0 Å². The molecule has 11 heavy (non-hydrogen) atoms. The Kier molecular flexibility index (Phi) is 1.29. The molecule has 0 amide bonds.